The van der Waals surface area contributed by atoms with E-state index >= 15 is 0 Å². The molecule has 0 aromatic rings. The molecule has 4 atom stereocenters. The zero-order chi connectivity index (χ0) is 15.3. The predicted octanol–water partition coefficient (Wildman–Crippen LogP) is 2.75. The number of ether oxygens (including phenoxy) is 1. The molecule has 4 nitrogen and oxygen atoms in total. The van der Waals surface area contributed by atoms with Crippen LogP contribution in [-0.2, 0) is 9.53 Å². The van der Waals surface area contributed by atoms with Crippen molar-refractivity contribution in [3.63, 3.8) is 0 Å². The van der Waals surface area contributed by atoms with E-state index in [0.717, 1.165) is 38.1 Å². The van der Waals surface area contributed by atoms with E-state index in [1.807, 2.05) is 6.92 Å². The molecule has 0 bridgehead atoms. The number of hydrogen-bond donors (Lipinski definition) is 2. The van der Waals surface area contributed by atoms with E-state index in [2.05, 4.69) is 12.2 Å². The summed E-state index contributed by atoms with van der Waals surface area (Å²) in [5.41, 5.74) is 5.13. The van der Waals surface area contributed by atoms with Gasteiger partial charge in [0.05, 0.1) is 12.2 Å². The maximum atomic E-state index is 11.9. The van der Waals surface area contributed by atoms with Gasteiger partial charge in [-0.1, -0.05) is 33.1 Å². The third kappa shape index (κ3) is 4.19. The predicted molar refractivity (Wildman–Crippen MR) is 85.0 cm³/mol. The molecule has 0 aromatic heterocycles. The second-order valence-electron chi connectivity index (χ2n) is 6.89. The van der Waals surface area contributed by atoms with Gasteiger partial charge < -0.3 is 15.8 Å². The Bertz CT molecular complexity index is 344. The molecular weight excluding hydrogens is 264 g/mol. The largest absolute Gasteiger partial charge is 0.375 e. The van der Waals surface area contributed by atoms with Crippen LogP contribution < -0.4 is 11.1 Å². The first-order chi connectivity index (χ1) is 10.1. The van der Waals surface area contributed by atoms with Crippen molar-refractivity contribution in [1.29, 1.82) is 0 Å². The summed E-state index contributed by atoms with van der Waals surface area (Å²) in [5, 5.41) is 3.33. The number of primary amides is 1. The molecule has 4 unspecified atom stereocenters. The van der Waals surface area contributed by atoms with Gasteiger partial charge in [0.15, 0.2) is 0 Å². The van der Waals surface area contributed by atoms with Gasteiger partial charge in [0.1, 0.15) is 5.54 Å². The zero-order valence-electron chi connectivity index (χ0n) is 13.7. The lowest BCUT2D eigenvalue weighted by Gasteiger charge is -2.41. The van der Waals surface area contributed by atoms with Gasteiger partial charge in [-0.2, -0.15) is 0 Å². The van der Waals surface area contributed by atoms with Crippen LogP contribution >= 0.6 is 0 Å². The molecule has 2 aliphatic carbocycles. The summed E-state index contributed by atoms with van der Waals surface area (Å²) in [6.07, 6.45) is 10.5. The average Bonchev–Trinajstić information content (AvgIpc) is 2.48. The fraction of sp³-hybridized carbons (Fsp3) is 0.941. The van der Waals surface area contributed by atoms with Crippen LogP contribution in [0.5, 0.6) is 0 Å². The second kappa shape index (κ2) is 7.59. The Morgan fingerprint density at radius 1 is 1.24 bits per heavy atom. The average molecular weight is 296 g/mol. The Morgan fingerprint density at radius 2 is 2.00 bits per heavy atom. The molecule has 0 saturated heterocycles. The van der Waals surface area contributed by atoms with Crippen molar-refractivity contribution in [2.45, 2.75) is 89.4 Å². The number of carbonyl (C=O) groups excluding carboxylic acids is 1. The summed E-state index contributed by atoms with van der Waals surface area (Å²) in [5.74, 6) is 0.606. The number of hydrogen-bond acceptors (Lipinski definition) is 3. The maximum Gasteiger partial charge on any atom is 0.237 e. The number of amides is 1. The van der Waals surface area contributed by atoms with Crippen molar-refractivity contribution in [2.75, 3.05) is 6.54 Å². The molecule has 0 spiro atoms. The van der Waals surface area contributed by atoms with Crippen molar-refractivity contribution in [1.82, 2.24) is 5.32 Å². The minimum Gasteiger partial charge on any atom is -0.375 e. The van der Waals surface area contributed by atoms with Crippen molar-refractivity contribution >= 4 is 5.91 Å². The summed E-state index contributed by atoms with van der Waals surface area (Å²) in [4.78, 5) is 11.9. The molecule has 4 heteroatoms. The normalized spacial score (nSPS) is 37.3. The standard InChI is InChI=1S/C17H32N2O2/c1-3-13-7-5-8-14(11-13)21-15-9-6-10-17(12-15,16(18)20)19-4-2/h13-15,19H,3-12H2,1-2H3,(H2,18,20). The molecule has 122 valence electrons. The van der Waals surface area contributed by atoms with Crippen LogP contribution in [0.15, 0.2) is 0 Å². The number of nitrogens with one attached hydrogen (secondary N) is 1. The van der Waals surface area contributed by atoms with Gasteiger partial charge in [-0.15, -0.1) is 0 Å². The summed E-state index contributed by atoms with van der Waals surface area (Å²) in [6.45, 7) is 5.08. The Morgan fingerprint density at radius 3 is 2.67 bits per heavy atom. The van der Waals surface area contributed by atoms with Crippen LogP contribution in [-0.4, -0.2) is 30.2 Å². The molecule has 2 aliphatic rings. The summed E-state index contributed by atoms with van der Waals surface area (Å²) < 4.78 is 6.37. The van der Waals surface area contributed by atoms with Crippen LogP contribution in [0.2, 0.25) is 0 Å². The lowest BCUT2D eigenvalue weighted by atomic mass is 9.79. The highest BCUT2D eigenvalue weighted by Crippen LogP contribution is 2.34. The van der Waals surface area contributed by atoms with Crippen molar-refractivity contribution in [3.05, 3.63) is 0 Å². The maximum absolute atomic E-state index is 11.9. The first kappa shape index (κ1) is 16.8. The van der Waals surface area contributed by atoms with E-state index < -0.39 is 5.54 Å². The molecule has 3 N–H and O–H groups in total. The van der Waals surface area contributed by atoms with Crippen LogP contribution in [0.3, 0.4) is 0 Å². The van der Waals surface area contributed by atoms with Crippen LogP contribution in [0.4, 0.5) is 0 Å². The monoisotopic (exact) mass is 296 g/mol. The zero-order valence-corrected chi connectivity index (χ0v) is 13.7. The molecule has 0 heterocycles. The fourth-order valence-electron chi connectivity index (χ4n) is 4.16. The second-order valence-corrected chi connectivity index (χ2v) is 6.89. The van der Waals surface area contributed by atoms with E-state index in [9.17, 15) is 4.79 Å². The Hall–Kier alpha value is -0.610. The van der Waals surface area contributed by atoms with Gasteiger partial charge in [0, 0.05) is 6.42 Å². The third-order valence-corrected chi connectivity index (χ3v) is 5.39. The molecule has 1 amide bonds. The molecule has 0 radical (unpaired) electrons. The van der Waals surface area contributed by atoms with E-state index in [1.165, 1.54) is 32.1 Å². The first-order valence-electron chi connectivity index (χ1n) is 8.80. The molecule has 2 fully saturated rings. The van der Waals surface area contributed by atoms with Gasteiger partial charge in [-0.05, 0) is 44.6 Å². The van der Waals surface area contributed by atoms with E-state index in [4.69, 9.17) is 10.5 Å². The smallest absolute Gasteiger partial charge is 0.237 e. The first-order valence-corrected chi connectivity index (χ1v) is 8.80. The lowest BCUT2D eigenvalue weighted by Crippen LogP contribution is -2.59. The molecule has 0 aromatic carbocycles. The molecule has 2 saturated carbocycles. The SMILES string of the molecule is CCNC1(C(N)=O)CCCC(OC2CCCC(CC)C2)C1. The topological polar surface area (TPSA) is 64.3 Å². The van der Waals surface area contributed by atoms with E-state index in [-0.39, 0.29) is 12.0 Å². The van der Waals surface area contributed by atoms with Gasteiger partial charge in [0.25, 0.3) is 0 Å². The van der Waals surface area contributed by atoms with Gasteiger partial charge in [0.2, 0.25) is 5.91 Å². The highest BCUT2D eigenvalue weighted by atomic mass is 16.5. The van der Waals surface area contributed by atoms with Gasteiger partial charge >= 0.3 is 0 Å². The molecule has 2 rings (SSSR count). The quantitative estimate of drug-likeness (QED) is 0.792. The highest BCUT2D eigenvalue weighted by Gasteiger charge is 2.41. The minimum atomic E-state index is -0.545. The van der Waals surface area contributed by atoms with Crippen LogP contribution in [0.25, 0.3) is 0 Å². The molecule has 21 heavy (non-hydrogen) atoms. The van der Waals surface area contributed by atoms with Crippen LogP contribution in [0, 0.1) is 5.92 Å². The summed E-state index contributed by atoms with van der Waals surface area (Å²) in [7, 11) is 0. The Balaban J connectivity index is 1.92. The highest BCUT2D eigenvalue weighted by molar-refractivity contribution is 5.84. The number of rotatable bonds is 6. The number of carbonyl (C=O) groups is 1. The van der Waals surface area contributed by atoms with Gasteiger partial charge in [-0.25, -0.2) is 0 Å². The summed E-state index contributed by atoms with van der Waals surface area (Å²) in [6, 6.07) is 0. The Kier molecular flexibility index (Phi) is 6.06. The van der Waals surface area contributed by atoms with Crippen molar-refractivity contribution in [3.8, 4) is 0 Å². The Labute approximate surface area is 129 Å². The van der Waals surface area contributed by atoms with Crippen molar-refractivity contribution in [2.24, 2.45) is 11.7 Å². The number of likely N-dealkylation sites (N-methyl/N-ethyl adjacent to an activating group) is 1. The summed E-state index contributed by atoms with van der Waals surface area (Å²) >= 11 is 0. The minimum absolute atomic E-state index is 0.186. The third-order valence-electron chi connectivity index (χ3n) is 5.39. The van der Waals surface area contributed by atoms with Crippen molar-refractivity contribution < 1.29 is 9.53 Å². The van der Waals surface area contributed by atoms with E-state index in [0.29, 0.717) is 6.10 Å². The molecular formula is C17H32N2O2. The van der Waals surface area contributed by atoms with E-state index in [1.54, 1.807) is 0 Å². The van der Waals surface area contributed by atoms with Crippen LogP contribution in [0.1, 0.15) is 71.6 Å². The number of nitrogens with two attached hydrogens (primary N) is 1. The van der Waals surface area contributed by atoms with Gasteiger partial charge in [-0.3, -0.25) is 4.79 Å². The fourth-order valence-corrected chi connectivity index (χ4v) is 4.16. The molecule has 0 aliphatic heterocycles. The lowest BCUT2D eigenvalue weighted by molar-refractivity contribution is -0.130.